The fourth-order valence-corrected chi connectivity index (χ4v) is 7.20. The van der Waals surface area contributed by atoms with Crippen LogP contribution in [0.3, 0.4) is 0 Å². The molecule has 7 heteroatoms. The van der Waals surface area contributed by atoms with Gasteiger partial charge in [-0.3, -0.25) is 0 Å². The summed E-state index contributed by atoms with van der Waals surface area (Å²) in [5.41, 5.74) is 2.80. The van der Waals surface area contributed by atoms with Crippen LogP contribution in [0.15, 0.2) is 12.1 Å². The van der Waals surface area contributed by atoms with Gasteiger partial charge in [-0.15, -0.1) is 0 Å². The van der Waals surface area contributed by atoms with Crippen LogP contribution in [0.5, 0.6) is 11.5 Å². The first-order chi connectivity index (χ1) is 13.3. The van der Waals surface area contributed by atoms with Crippen molar-refractivity contribution in [2.24, 2.45) is 17.3 Å². The van der Waals surface area contributed by atoms with Crippen LogP contribution in [0, 0.1) is 17.3 Å². The zero-order chi connectivity index (χ0) is 20.1. The molecule has 0 N–H and O–H groups in total. The molecule has 2 saturated carbocycles. The van der Waals surface area contributed by atoms with Crippen molar-refractivity contribution in [2.75, 3.05) is 19.6 Å². The molecular formula is C21H30O5S2. The predicted molar refractivity (Wildman–Crippen MR) is 111 cm³/mol. The van der Waals surface area contributed by atoms with Crippen LogP contribution >= 0.6 is 12.0 Å². The van der Waals surface area contributed by atoms with Crippen molar-refractivity contribution in [2.45, 2.75) is 57.5 Å². The Kier molecular flexibility index (Phi) is 5.38. The summed E-state index contributed by atoms with van der Waals surface area (Å²) in [6, 6.07) is 3.91. The number of fused-ring (bicyclic) bond motifs is 5. The van der Waals surface area contributed by atoms with Gasteiger partial charge in [0.25, 0.3) is 0 Å². The standard InChI is InChI=1S/C21H30O5S2/c1-21-10-9-14-15(17(21)7-8-20(21)25-27-3)6-5-13-11-19(26-28(4,22)23)18(24-2)12-16(13)14/h11-12,14-15,17,20H,5-10H2,1-4H3. The highest BCUT2D eigenvalue weighted by Gasteiger charge is 2.55. The minimum Gasteiger partial charge on any atom is -0.493 e. The SMILES string of the molecule is COc1cc2c(cc1OS(C)(=O)=O)CCC1C2CCC2(C)C(OSC)CCC12. The summed E-state index contributed by atoms with van der Waals surface area (Å²) in [4.78, 5) is 0. The fourth-order valence-electron chi connectivity index (χ4n) is 6.19. The third-order valence-electron chi connectivity index (χ3n) is 7.38. The lowest BCUT2D eigenvalue weighted by atomic mass is 9.55. The molecule has 28 heavy (non-hydrogen) atoms. The van der Waals surface area contributed by atoms with E-state index in [2.05, 4.69) is 6.92 Å². The Morgan fingerprint density at radius 2 is 1.93 bits per heavy atom. The van der Waals surface area contributed by atoms with E-state index in [1.54, 1.807) is 7.11 Å². The van der Waals surface area contributed by atoms with E-state index in [4.69, 9.17) is 13.1 Å². The number of aryl methyl sites for hydroxylation is 1. The lowest BCUT2D eigenvalue weighted by molar-refractivity contribution is -0.00270. The summed E-state index contributed by atoms with van der Waals surface area (Å²) in [6.45, 7) is 2.43. The molecule has 0 heterocycles. The van der Waals surface area contributed by atoms with Crippen molar-refractivity contribution in [1.29, 1.82) is 0 Å². The Morgan fingerprint density at radius 3 is 2.61 bits per heavy atom. The number of ether oxygens (including phenoxy) is 1. The monoisotopic (exact) mass is 426 g/mol. The Labute approximate surface area is 172 Å². The predicted octanol–water partition coefficient (Wildman–Crippen LogP) is 4.55. The maximum atomic E-state index is 11.6. The summed E-state index contributed by atoms with van der Waals surface area (Å²) >= 11 is 1.50. The van der Waals surface area contributed by atoms with Gasteiger partial charge in [0.05, 0.1) is 19.5 Å². The molecule has 0 bridgehead atoms. The zero-order valence-corrected chi connectivity index (χ0v) is 18.7. The van der Waals surface area contributed by atoms with Crippen molar-refractivity contribution in [3.05, 3.63) is 23.3 Å². The molecule has 0 radical (unpaired) electrons. The van der Waals surface area contributed by atoms with E-state index >= 15 is 0 Å². The van der Waals surface area contributed by atoms with Crippen molar-refractivity contribution < 1.29 is 21.5 Å². The van der Waals surface area contributed by atoms with Gasteiger partial charge in [0, 0.05) is 6.26 Å². The lowest BCUT2D eigenvalue weighted by Gasteiger charge is -2.50. The van der Waals surface area contributed by atoms with Crippen LogP contribution in [0.1, 0.15) is 56.1 Å². The van der Waals surface area contributed by atoms with Gasteiger partial charge in [0.15, 0.2) is 11.5 Å². The smallest absolute Gasteiger partial charge is 0.306 e. The number of hydrogen-bond donors (Lipinski definition) is 0. The molecule has 0 aromatic heterocycles. The average molecular weight is 427 g/mol. The Bertz CT molecular complexity index is 853. The summed E-state index contributed by atoms with van der Waals surface area (Å²) in [5.74, 6) is 2.67. The van der Waals surface area contributed by atoms with Crippen LogP contribution in [0.2, 0.25) is 0 Å². The molecule has 0 aliphatic heterocycles. The molecule has 3 aliphatic carbocycles. The van der Waals surface area contributed by atoms with Gasteiger partial charge >= 0.3 is 10.1 Å². The average Bonchev–Trinajstić information content (AvgIpc) is 2.96. The fraction of sp³-hybridized carbons (Fsp3) is 0.714. The summed E-state index contributed by atoms with van der Waals surface area (Å²) in [7, 11) is -2.02. The first-order valence-corrected chi connectivity index (χ1v) is 13.0. The number of rotatable bonds is 5. The Hall–Kier alpha value is -0.920. The quantitative estimate of drug-likeness (QED) is 0.508. The summed E-state index contributed by atoms with van der Waals surface area (Å²) < 4.78 is 39.9. The van der Waals surface area contributed by atoms with Crippen molar-refractivity contribution in [1.82, 2.24) is 0 Å². The second kappa shape index (κ2) is 7.40. The molecule has 0 spiro atoms. The first-order valence-electron chi connectivity index (χ1n) is 10.1. The van der Waals surface area contributed by atoms with E-state index in [0.717, 1.165) is 31.9 Å². The topological polar surface area (TPSA) is 61.8 Å². The number of hydrogen-bond acceptors (Lipinski definition) is 6. The zero-order valence-electron chi connectivity index (χ0n) is 17.1. The van der Waals surface area contributed by atoms with Gasteiger partial charge in [-0.05, 0) is 97.0 Å². The van der Waals surface area contributed by atoms with E-state index in [9.17, 15) is 8.42 Å². The minimum atomic E-state index is -3.59. The molecule has 2 fully saturated rings. The normalized spacial score (nSPS) is 34.3. The first kappa shape index (κ1) is 20.4. The molecule has 5 unspecified atom stereocenters. The largest absolute Gasteiger partial charge is 0.493 e. The molecule has 3 aliphatic rings. The molecule has 5 atom stereocenters. The third kappa shape index (κ3) is 3.43. The summed E-state index contributed by atoms with van der Waals surface area (Å²) in [5, 5.41) is 0. The second-order valence-corrected chi connectivity index (χ2v) is 10.9. The van der Waals surface area contributed by atoms with Crippen LogP contribution in [-0.4, -0.2) is 34.1 Å². The maximum absolute atomic E-state index is 11.6. The molecule has 1 aromatic carbocycles. The van der Waals surface area contributed by atoms with Gasteiger partial charge in [-0.1, -0.05) is 6.92 Å². The van der Waals surface area contributed by atoms with Gasteiger partial charge in [-0.25, -0.2) is 0 Å². The molecule has 1 aromatic rings. The van der Waals surface area contributed by atoms with Gasteiger partial charge in [-0.2, -0.15) is 8.42 Å². The van der Waals surface area contributed by atoms with Crippen molar-refractivity contribution >= 4 is 22.2 Å². The number of benzene rings is 1. The highest BCUT2D eigenvalue weighted by Crippen LogP contribution is 2.62. The van der Waals surface area contributed by atoms with E-state index in [0.29, 0.717) is 35.4 Å². The number of methoxy groups -OCH3 is 1. The van der Waals surface area contributed by atoms with Crippen molar-refractivity contribution in [3.8, 4) is 11.5 Å². The highest BCUT2D eigenvalue weighted by atomic mass is 32.2. The minimum absolute atomic E-state index is 0.269. The van der Waals surface area contributed by atoms with Gasteiger partial charge in [0.2, 0.25) is 0 Å². The molecular weight excluding hydrogens is 396 g/mol. The molecule has 4 rings (SSSR count). The third-order valence-corrected chi connectivity index (χ3v) is 8.28. The highest BCUT2D eigenvalue weighted by molar-refractivity contribution is 7.93. The second-order valence-electron chi connectivity index (χ2n) is 8.78. The van der Waals surface area contributed by atoms with Crippen molar-refractivity contribution in [3.63, 3.8) is 0 Å². The van der Waals surface area contributed by atoms with E-state index < -0.39 is 10.1 Å². The van der Waals surface area contributed by atoms with Gasteiger partial charge in [0.1, 0.15) is 0 Å². The lowest BCUT2D eigenvalue weighted by Crippen LogP contribution is -2.44. The van der Waals surface area contributed by atoms with Crippen LogP contribution in [0.25, 0.3) is 0 Å². The Morgan fingerprint density at radius 1 is 1.14 bits per heavy atom. The Balaban J connectivity index is 1.66. The molecule has 0 amide bonds. The van der Waals surface area contributed by atoms with E-state index in [-0.39, 0.29) is 5.41 Å². The van der Waals surface area contributed by atoms with E-state index in [1.165, 1.54) is 36.0 Å². The van der Waals surface area contributed by atoms with Crippen LogP contribution < -0.4 is 8.92 Å². The van der Waals surface area contributed by atoms with Crippen LogP contribution in [-0.2, 0) is 20.7 Å². The molecule has 156 valence electrons. The van der Waals surface area contributed by atoms with Gasteiger partial charge < -0.3 is 13.1 Å². The summed E-state index contributed by atoms with van der Waals surface area (Å²) in [6.07, 6.45) is 10.3. The molecule has 5 nitrogen and oxygen atoms in total. The van der Waals surface area contributed by atoms with Crippen LogP contribution in [0.4, 0.5) is 0 Å². The maximum Gasteiger partial charge on any atom is 0.306 e. The molecule has 0 saturated heterocycles. The van der Waals surface area contributed by atoms with E-state index in [1.807, 2.05) is 18.4 Å².